The van der Waals surface area contributed by atoms with Gasteiger partial charge in [0.2, 0.25) is 0 Å². The first-order chi connectivity index (χ1) is 30.3. The fourth-order valence-corrected chi connectivity index (χ4v) is 28.5. The van der Waals surface area contributed by atoms with E-state index in [1.807, 2.05) is 0 Å². The lowest BCUT2D eigenvalue weighted by Crippen LogP contribution is -2.61. The molecule has 0 aromatic heterocycles. The van der Waals surface area contributed by atoms with Gasteiger partial charge in [-0.3, -0.25) is 4.79 Å². The number of aliphatic hydroxyl groups is 1. The van der Waals surface area contributed by atoms with Crippen LogP contribution in [0.4, 0.5) is 0 Å². The molecule has 6 rings (SSSR count). The normalized spacial score (nSPS) is 42.7. The van der Waals surface area contributed by atoms with Gasteiger partial charge in [-0.05, 0) is 148 Å². The molecular weight excluding hydrogens is 841 g/mol. The van der Waals surface area contributed by atoms with Crippen LogP contribution < -0.4 is 0 Å². The molecule has 0 aromatic rings. The number of carbonyl (C=O) groups excluding carboxylic acids is 1. The van der Waals surface area contributed by atoms with Gasteiger partial charge in [0, 0.05) is 29.1 Å². The van der Waals surface area contributed by atoms with Crippen molar-refractivity contribution >= 4 is 22.4 Å². The van der Waals surface area contributed by atoms with E-state index in [4.69, 9.17) is 8.85 Å². The van der Waals surface area contributed by atoms with Crippen molar-refractivity contribution in [3.05, 3.63) is 49.0 Å². The van der Waals surface area contributed by atoms with E-state index in [9.17, 15) is 9.90 Å². The molecule has 4 bridgehead atoms. The Morgan fingerprint density at radius 3 is 1.35 bits per heavy atom. The van der Waals surface area contributed by atoms with Crippen molar-refractivity contribution in [2.75, 3.05) is 0 Å². The Labute approximate surface area is 411 Å². The Bertz CT molecular complexity index is 1800. The van der Waals surface area contributed by atoms with Gasteiger partial charge >= 0.3 is 0 Å². The first-order valence-corrected chi connectivity index (χ1v) is 31.8. The molecule has 4 fully saturated rings. The Hall–Kier alpha value is -1.38. The Morgan fingerprint density at radius 1 is 0.591 bits per heavy atom. The highest BCUT2D eigenvalue weighted by Gasteiger charge is 2.68. The van der Waals surface area contributed by atoms with Crippen LogP contribution in [0, 0.1) is 79.8 Å². The second kappa shape index (κ2) is 19.0. The van der Waals surface area contributed by atoms with Gasteiger partial charge in [-0.1, -0.05) is 164 Å². The van der Waals surface area contributed by atoms with Crippen molar-refractivity contribution in [1.29, 1.82) is 0 Å². The molecule has 0 saturated heterocycles. The topological polar surface area (TPSA) is 55.8 Å². The number of ketones is 1. The molecule has 1 N–H and O–H groups in total. The largest absolute Gasteiger partial charge is 0.546 e. The number of aliphatic hydroxyl groups excluding tert-OH is 1. The summed E-state index contributed by atoms with van der Waals surface area (Å²) in [5, 5.41) is 12.0. The van der Waals surface area contributed by atoms with Crippen LogP contribution in [0.2, 0.25) is 33.2 Å². The van der Waals surface area contributed by atoms with Crippen molar-refractivity contribution in [2.45, 2.75) is 243 Å². The molecule has 4 nitrogen and oxygen atoms in total. The third kappa shape index (κ3) is 7.98. The Morgan fingerprint density at radius 2 is 0.955 bits per heavy atom. The SMILES string of the molecule is C=CC1(C)CC(=O)C2(C)C(C)CCC3(CC=C(O[Si](C(C)C)(C(C)C)C(C)C)C23)[C@@H](C)C1C.C=CC1(C)C[C@@H](O)C2(C)C(C)CCC3(CC=C(O[Si](C(C)C)(C(C)C)C(C)C)C32)[C@@H](C)C1C. The standard InChI is InChI=1S/C30H54O2Si.C30H52O2Si/c2*1-13-28(11)18-26(31)29(12)22(8)14-16-30(24(10)23(28)9)17-15-25(27(29)30)32-33(19(2)3,20(4)5)21(6)7/h13,15,19-24,26-27,31H,1,14,16-18H2,2-12H3;13,15,19-24,27H,1,14,16-18H2,2-12H3/t22?,23?,24-,26+,27?,28?,29?,30?;22?,23?,24-,27?,28?,29?,30?/m00/s1. The van der Waals surface area contributed by atoms with Gasteiger partial charge in [0.1, 0.15) is 5.78 Å². The zero-order valence-electron chi connectivity index (χ0n) is 47.2. The van der Waals surface area contributed by atoms with Crippen LogP contribution in [-0.4, -0.2) is 33.6 Å². The summed E-state index contributed by atoms with van der Waals surface area (Å²) >= 11 is 0. The molecule has 0 aliphatic heterocycles. The lowest BCUT2D eigenvalue weighted by Gasteiger charge is -2.63. The van der Waals surface area contributed by atoms with Crippen LogP contribution in [-0.2, 0) is 13.6 Å². The van der Waals surface area contributed by atoms with E-state index in [2.05, 4.69) is 190 Å². The molecule has 6 aliphatic rings. The zero-order valence-corrected chi connectivity index (χ0v) is 49.2. The Balaban J connectivity index is 0.000000247. The number of hydrogen-bond donors (Lipinski definition) is 1. The lowest BCUT2D eigenvalue weighted by molar-refractivity contribution is -0.173. The lowest BCUT2D eigenvalue weighted by atomic mass is 9.42. The van der Waals surface area contributed by atoms with Gasteiger partial charge in [-0.2, -0.15) is 0 Å². The molecule has 4 saturated carbocycles. The van der Waals surface area contributed by atoms with Crippen molar-refractivity contribution < 1.29 is 18.8 Å². The summed E-state index contributed by atoms with van der Waals surface area (Å²) < 4.78 is 14.9. The highest BCUT2D eigenvalue weighted by Crippen LogP contribution is 2.72. The summed E-state index contributed by atoms with van der Waals surface area (Å²) in [5.74, 6) is 6.19. The molecule has 6 heteroatoms. The molecule has 0 amide bonds. The Kier molecular flexibility index (Phi) is 16.0. The average Bonchev–Trinajstić information content (AvgIpc) is 3.82. The monoisotopic (exact) mass is 947 g/mol. The highest BCUT2D eigenvalue weighted by atomic mass is 28.4. The van der Waals surface area contributed by atoms with Crippen LogP contribution in [0.25, 0.3) is 0 Å². The van der Waals surface area contributed by atoms with E-state index in [0.717, 1.165) is 25.7 Å². The zero-order chi connectivity index (χ0) is 50.3. The van der Waals surface area contributed by atoms with Crippen LogP contribution in [0.15, 0.2) is 49.0 Å². The molecule has 0 radical (unpaired) electrons. The molecule has 12 unspecified atom stereocenters. The molecule has 0 heterocycles. The maximum atomic E-state index is 14.3. The highest BCUT2D eigenvalue weighted by molar-refractivity contribution is 6.78. The van der Waals surface area contributed by atoms with Crippen LogP contribution in [0.1, 0.15) is 204 Å². The number of Topliss-reactive ketones (excluding diaryl/α,β-unsaturated/α-hetero) is 1. The van der Waals surface area contributed by atoms with Crippen molar-refractivity contribution in [3.8, 4) is 0 Å². The number of rotatable bonds is 12. The second-order valence-corrected chi connectivity index (χ2v) is 38.0. The average molecular weight is 948 g/mol. The minimum atomic E-state index is -2.10. The quantitative estimate of drug-likeness (QED) is 0.156. The summed E-state index contributed by atoms with van der Waals surface area (Å²) in [6, 6.07) is 0. The van der Waals surface area contributed by atoms with Crippen molar-refractivity contribution in [1.82, 2.24) is 0 Å². The fourth-order valence-electron chi connectivity index (χ4n) is 17.9. The van der Waals surface area contributed by atoms with Crippen molar-refractivity contribution in [3.63, 3.8) is 0 Å². The van der Waals surface area contributed by atoms with Crippen LogP contribution in [0.5, 0.6) is 0 Å². The maximum Gasteiger partial charge on any atom is 0.258 e. The van der Waals surface area contributed by atoms with Crippen molar-refractivity contribution in [2.24, 2.45) is 79.8 Å². The first-order valence-electron chi connectivity index (χ1n) is 27.6. The third-order valence-electron chi connectivity index (χ3n) is 23.3. The van der Waals surface area contributed by atoms with Gasteiger partial charge in [-0.15, -0.1) is 13.2 Å². The molecule has 0 spiro atoms. The predicted octanol–water partition coefficient (Wildman–Crippen LogP) is 17.7. The number of hydrogen-bond acceptors (Lipinski definition) is 4. The summed E-state index contributed by atoms with van der Waals surface area (Å²) in [6.45, 7) is 60.8. The summed E-state index contributed by atoms with van der Waals surface area (Å²) in [5.41, 5.74) is 2.80. The maximum absolute atomic E-state index is 14.3. The van der Waals surface area contributed by atoms with Gasteiger partial charge in [0.05, 0.1) is 17.6 Å². The van der Waals surface area contributed by atoms with Gasteiger partial charge in [0.25, 0.3) is 16.6 Å². The van der Waals surface area contributed by atoms with E-state index in [1.165, 1.54) is 30.8 Å². The molecule has 15 atom stereocenters. The van der Waals surface area contributed by atoms with Gasteiger partial charge < -0.3 is 14.0 Å². The summed E-state index contributed by atoms with van der Waals surface area (Å²) in [4.78, 5) is 14.3. The van der Waals surface area contributed by atoms with Gasteiger partial charge in [0.15, 0.2) is 0 Å². The third-order valence-corrected chi connectivity index (χ3v) is 35.3. The fraction of sp³-hybridized carbons (Fsp3) is 0.850. The molecular formula is C60H106O4Si2. The van der Waals surface area contributed by atoms with E-state index in [-0.39, 0.29) is 44.5 Å². The van der Waals surface area contributed by atoms with E-state index >= 15 is 0 Å². The smallest absolute Gasteiger partial charge is 0.258 e. The minimum absolute atomic E-state index is 0.0506. The van der Waals surface area contributed by atoms with Gasteiger partial charge in [-0.25, -0.2) is 0 Å². The number of carbonyl (C=O) groups is 1. The second-order valence-electron chi connectivity index (χ2n) is 27.2. The summed E-state index contributed by atoms with van der Waals surface area (Å²) in [6.07, 6.45) is 17.1. The molecule has 66 heavy (non-hydrogen) atoms. The molecule has 6 aliphatic carbocycles. The predicted molar refractivity (Wildman–Crippen MR) is 288 cm³/mol. The molecule has 0 aromatic carbocycles. The summed E-state index contributed by atoms with van der Waals surface area (Å²) in [7, 11) is -4.16. The van der Waals surface area contributed by atoms with E-state index in [0.29, 0.717) is 86.9 Å². The minimum Gasteiger partial charge on any atom is -0.546 e. The van der Waals surface area contributed by atoms with E-state index in [1.54, 1.807) is 0 Å². The van der Waals surface area contributed by atoms with E-state index < -0.39 is 16.6 Å². The van der Waals surface area contributed by atoms with Crippen LogP contribution >= 0.6 is 0 Å². The molecule has 378 valence electrons. The number of allylic oxidation sites excluding steroid dienone is 6. The first kappa shape index (κ1) is 55.5. The van der Waals surface area contributed by atoms with Crippen LogP contribution in [0.3, 0.4) is 0 Å².